The van der Waals surface area contributed by atoms with Gasteiger partial charge in [-0.05, 0) is 36.4 Å². The summed E-state index contributed by atoms with van der Waals surface area (Å²) in [6.45, 7) is 0. The first-order valence-corrected chi connectivity index (χ1v) is 8.89. The van der Waals surface area contributed by atoms with E-state index in [1.807, 2.05) is 0 Å². The summed E-state index contributed by atoms with van der Waals surface area (Å²) < 4.78 is 0. The Hall–Kier alpha value is -5.84. The summed E-state index contributed by atoms with van der Waals surface area (Å²) in [5, 5.41) is 33.6. The predicted molar refractivity (Wildman–Crippen MR) is 113 cm³/mol. The highest BCUT2D eigenvalue weighted by molar-refractivity contribution is 5.92. The number of pyridine rings is 2. The molecular weight excluding hydrogens is 484 g/mol. The number of nitrogens with zero attached hydrogens (tertiary/aromatic N) is 2. The molecule has 2 aromatic heterocycles. The van der Waals surface area contributed by atoms with Crippen LogP contribution in [0.15, 0.2) is 73.1 Å². The number of carbonyl (C=O) groups is 4. The summed E-state index contributed by atoms with van der Waals surface area (Å²) in [5.41, 5.74) is 0.0623. The molecule has 0 amide bonds. The smallest absolute Gasteiger partial charge is 0.373 e. The van der Waals surface area contributed by atoms with Crippen LogP contribution in [0.5, 0.6) is 0 Å². The molecule has 0 aliphatic heterocycles. The zero-order valence-electron chi connectivity index (χ0n) is 17.9. The summed E-state index contributed by atoms with van der Waals surface area (Å²) in [5.74, 6) is -4.27. The Balaban J connectivity index is 0. The maximum Gasteiger partial charge on any atom is 0.373 e. The third-order valence-corrected chi connectivity index (χ3v) is 3.13. The lowest BCUT2D eigenvalue weighted by molar-refractivity contribution is -0.193. The molecule has 14 heteroatoms. The Bertz CT molecular complexity index is 1100. The van der Waals surface area contributed by atoms with Gasteiger partial charge in [-0.2, -0.15) is 19.2 Å². The second-order valence-corrected chi connectivity index (χ2v) is 5.40. The molecule has 1 aromatic carbocycles. The average molecular weight is 500 g/mol. The fourth-order valence-electron chi connectivity index (χ4n) is 1.75. The molecule has 0 aliphatic rings. The van der Waals surface area contributed by atoms with Gasteiger partial charge in [0, 0.05) is 12.4 Å². The molecule has 0 bridgehead atoms. The zero-order chi connectivity index (χ0) is 27.9. The van der Waals surface area contributed by atoms with Crippen molar-refractivity contribution in [1.82, 2.24) is 9.97 Å². The highest BCUT2D eigenvalue weighted by atomic mass is 16.4. The molecule has 186 valence electrons. The normalized spacial score (nSPS) is 8.00. The molecule has 0 spiro atoms. The van der Waals surface area contributed by atoms with Gasteiger partial charge in [0.2, 0.25) is 0 Å². The van der Waals surface area contributed by atoms with Gasteiger partial charge >= 0.3 is 36.2 Å². The standard InChI is InChI=1S/C7H5NO4.C7H6O2.C6H5NO2.2CO2/c9-6(10)4-1-2-8-5(3-4)7(11)12;8-7(9)6-4-2-1-3-5-6;8-6(9)5-3-1-2-4-7-5;2*2-1-3/h1-3H,(H,9,10)(H,11,12);1-5H,(H,8,9);1-4H,(H,8,9);;. The summed E-state index contributed by atoms with van der Waals surface area (Å²) in [6.07, 6.45) is 3.09. The van der Waals surface area contributed by atoms with Crippen LogP contribution in [0.25, 0.3) is 0 Å². The lowest BCUT2D eigenvalue weighted by atomic mass is 10.2. The summed E-state index contributed by atoms with van der Waals surface area (Å²) in [6, 6.07) is 15.3. The number of carbonyl (C=O) groups excluding carboxylic acids is 4. The summed E-state index contributed by atoms with van der Waals surface area (Å²) >= 11 is 0. The van der Waals surface area contributed by atoms with Crippen LogP contribution in [0.2, 0.25) is 0 Å². The minimum atomic E-state index is -1.24. The van der Waals surface area contributed by atoms with Crippen molar-refractivity contribution >= 4 is 36.2 Å². The van der Waals surface area contributed by atoms with Crippen molar-refractivity contribution in [3.63, 3.8) is 0 Å². The second kappa shape index (κ2) is 19.8. The van der Waals surface area contributed by atoms with Crippen molar-refractivity contribution in [2.75, 3.05) is 0 Å². The highest BCUT2D eigenvalue weighted by Crippen LogP contribution is 2.01. The lowest BCUT2D eigenvalue weighted by Crippen LogP contribution is -2.03. The van der Waals surface area contributed by atoms with E-state index in [1.54, 1.807) is 42.5 Å². The van der Waals surface area contributed by atoms with Crippen molar-refractivity contribution in [2.24, 2.45) is 0 Å². The van der Waals surface area contributed by atoms with Gasteiger partial charge in [0.05, 0.1) is 11.1 Å². The van der Waals surface area contributed by atoms with Crippen molar-refractivity contribution in [2.45, 2.75) is 0 Å². The fourth-order valence-corrected chi connectivity index (χ4v) is 1.75. The van der Waals surface area contributed by atoms with Crippen molar-refractivity contribution < 1.29 is 58.8 Å². The third-order valence-electron chi connectivity index (χ3n) is 3.13. The van der Waals surface area contributed by atoms with Crippen LogP contribution in [-0.2, 0) is 19.2 Å². The number of carboxylic acid groups (broad SMARTS) is 4. The van der Waals surface area contributed by atoms with Gasteiger partial charge in [-0.3, -0.25) is 0 Å². The molecule has 0 fully saturated rings. The maximum atomic E-state index is 10.4. The topological polar surface area (TPSA) is 243 Å². The van der Waals surface area contributed by atoms with Crippen LogP contribution in [0, 0.1) is 0 Å². The zero-order valence-corrected chi connectivity index (χ0v) is 17.9. The monoisotopic (exact) mass is 500 g/mol. The quantitative estimate of drug-likeness (QED) is 0.396. The Morgan fingerprint density at radius 3 is 1.31 bits per heavy atom. The lowest BCUT2D eigenvalue weighted by Gasteiger charge is -1.94. The van der Waals surface area contributed by atoms with E-state index in [0.717, 1.165) is 12.3 Å². The van der Waals surface area contributed by atoms with E-state index in [4.69, 9.17) is 39.6 Å². The summed E-state index contributed by atoms with van der Waals surface area (Å²) in [7, 11) is 0. The maximum absolute atomic E-state index is 10.4. The summed E-state index contributed by atoms with van der Waals surface area (Å²) in [4.78, 5) is 80.6. The molecule has 3 rings (SSSR count). The first-order valence-electron chi connectivity index (χ1n) is 8.89. The molecule has 0 saturated heterocycles. The van der Waals surface area contributed by atoms with Gasteiger partial charge < -0.3 is 20.4 Å². The Morgan fingerprint density at radius 2 is 0.972 bits per heavy atom. The molecular formula is C22H16N2O12. The van der Waals surface area contributed by atoms with Crippen LogP contribution in [0.4, 0.5) is 0 Å². The highest BCUT2D eigenvalue weighted by Gasteiger charge is 2.08. The molecule has 4 N–H and O–H groups in total. The third kappa shape index (κ3) is 15.9. The Labute approximate surface area is 201 Å². The number of benzene rings is 1. The Morgan fingerprint density at radius 1 is 0.528 bits per heavy atom. The SMILES string of the molecule is O=C(O)c1ccccc1.O=C(O)c1ccccn1.O=C(O)c1ccnc(C(=O)O)c1.O=C=O.O=C=O. The molecule has 0 radical (unpaired) electrons. The largest absolute Gasteiger partial charge is 0.478 e. The number of hydrogen-bond donors (Lipinski definition) is 4. The molecule has 0 saturated carbocycles. The van der Waals surface area contributed by atoms with Gasteiger partial charge in [-0.25, -0.2) is 29.1 Å². The average Bonchev–Trinajstić information content (AvgIpc) is 2.87. The van der Waals surface area contributed by atoms with E-state index in [1.165, 1.54) is 18.3 Å². The van der Waals surface area contributed by atoms with Gasteiger partial charge in [-0.1, -0.05) is 24.3 Å². The van der Waals surface area contributed by atoms with Crippen molar-refractivity contribution in [1.29, 1.82) is 0 Å². The predicted octanol–water partition coefficient (Wildman–Crippen LogP) is 1.48. The number of carboxylic acids is 4. The number of rotatable bonds is 4. The van der Waals surface area contributed by atoms with Gasteiger partial charge in [0.25, 0.3) is 0 Å². The number of aromatic nitrogens is 2. The van der Waals surface area contributed by atoms with E-state index in [-0.39, 0.29) is 29.3 Å². The van der Waals surface area contributed by atoms with E-state index < -0.39 is 23.9 Å². The fraction of sp³-hybridized carbons (Fsp3) is 0. The Kier molecular flexibility index (Phi) is 17.8. The number of aromatic carboxylic acids is 4. The van der Waals surface area contributed by atoms with Crippen LogP contribution < -0.4 is 0 Å². The molecule has 2 heterocycles. The molecule has 3 aromatic rings. The molecule has 0 aliphatic carbocycles. The van der Waals surface area contributed by atoms with E-state index >= 15 is 0 Å². The van der Waals surface area contributed by atoms with Crippen LogP contribution in [-0.4, -0.2) is 66.6 Å². The minimum Gasteiger partial charge on any atom is -0.478 e. The van der Waals surface area contributed by atoms with Crippen molar-refractivity contribution in [3.05, 3.63) is 95.6 Å². The molecule has 0 atom stereocenters. The molecule has 36 heavy (non-hydrogen) atoms. The molecule has 0 unspecified atom stereocenters. The van der Waals surface area contributed by atoms with Gasteiger partial charge in [0.15, 0.2) is 0 Å². The van der Waals surface area contributed by atoms with Crippen LogP contribution >= 0.6 is 0 Å². The first kappa shape index (κ1) is 32.3. The minimum absolute atomic E-state index is 0.0810. The first-order chi connectivity index (χ1) is 17.0. The molecule has 14 nitrogen and oxygen atoms in total. The van der Waals surface area contributed by atoms with Crippen molar-refractivity contribution in [3.8, 4) is 0 Å². The van der Waals surface area contributed by atoms with Crippen LogP contribution in [0.1, 0.15) is 41.7 Å². The van der Waals surface area contributed by atoms with Gasteiger partial charge in [0.1, 0.15) is 11.4 Å². The van der Waals surface area contributed by atoms with Crippen LogP contribution in [0.3, 0.4) is 0 Å². The van der Waals surface area contributed by atoms with Gasteiger partial charge in [-0.15, -0.1) is 0 Å². The second-order valence-electron chi connectivity index (χ2n) is 5.40. The number of hydrogen-bond acceptors (Lipinski definition) is 10. The van der Waals surface area contributed by atoms with E-state index in [0.29, 0.717) is 5.56 Å². The van der Waals surface area contributed by atoms with E-state index in [2.05, 4.69) is 9.97 Å². The van der Waals surface area contributed by atoms with E-state index in [9.17, 15) is 19.2 Å².